The van der Waals surface area contributed by atoms with E-state index in [0.717, 1.165) is 55.7 Å². The maximum absolute atomic E-state index is 12.6. The van der Waals surface area contributed by atoms with E-state index in [-0.39, 0.29) is 11.8 Å². The Kier molecular flexibility index (Phi) is 4.99. The Hall–Kier alpha value is -1.84. The molecule has 1 aromatic carbocycles. The first kappa shape index (κ1) is 15.5. The predicted octanol–water partition coefficient (Wildman–Crippen LogP) is 2.86. The average molecular weight is 288 g/mol. The van der Waals surface area contributed by atoms with E-state index in [1.807, 2.05) is 23.1 Å². The second kappa shape index (κ2) is 6.74. The van der Waals surface area contributed by atoms with Crippen molar-refractivity contribution in [2.24, 2.45) is 0 Å². The molecule has 0 spiro atoms. The van der Waals surface area contributed by atoms with Crippen LogP contribution in [0.5, 0.6) is 0 Å². The SMILES string of the molecule is CCCN(CCC)C(=O)c1ccc2c(c1)CCN2C(C)=O. The predicted molar refractivity (Wildman–Crippen MR) is 84.7 cm³/mol. The summed E-state index contributed by atoms with van der Waals surface area (Å²) in [7, 11) is 0. The first-order chi connectivity index (χ1) is 10.1. The second-order valence-electron chi connectivity index (χ2n) is 5.56. The Balaban J connectivity index is 2.22. The topological polar surface area (TPSA) is 40.6 Å². The third kappa shape index (κ3) is 3.26. The minimum atomic E-state index is 0.0615. The molecule has 0 aliphatic carbocycles. The van der Waals surface area contributed by atoms with E-state index in [0.29, 0.717) is 0 Å². The average Bonchev–Trinajstić information content (AvgIpc) is 2.89. The molecule has 2 amide bonds. The number of hydrogen-bond acceptors (Lipinski definition) is 2. The van der Waals surface area contributed by atoms with Gasteiger partial charge in [0.1, 0.15) is 0 Å². The summed E-state index contributed by atoms with van der Waals surface area (Å²) in [6.07, 6.45) is 2.77. The van der Waals surface area contributed by atoms with Gasteiger partial charge in [-0.3, -0.25) is 9.59 Å². The third-order valence-corrected chi connectivity index (χ3v) is 3.88. The van der Waals surface area contributed by atoms with Gasteiger partial charge < -0.3 is 9.80 Å². The molecule has 1 aromatic rings. The maximum Gasteiger partial charge on any atom is 0.253 e. The molecule has 0 saturated heterocycles. The van der Waals surface area contributed by atoms with E-state index in [2.05, 4.69) is 13.8 Å². The third-order valence-electron chi connectivity index (χ3n) is 3.88. The highest BCUT2D eigenvalue weighted by molar-refractivity contribution is 5.97. The highest BCUT2D eigenvalue weighted by Gasteiger charge is 2.24. The number of hydrogen-bond donors (Lipinski definition) is 0. The van der Waals surface area contributed by atoms with Gasteiger partial charge in [0.25, 0.3) is 5.91 Å². The minimum Gasteiger partial charge on any atom is -0.339 e. The standard InChI is InChI=1S/C17H24N2O2/c1-4-9-18(10-5-2)17(21)15-6-7-16-14(12-15)8-11-19(16)13(3)20/h6-7,12H,4-5,8-11H2,1-3H3. The van der Waals surface area contributed by atoms with Crippen molar-refractivity contribution in [2.75, 3.05) is 24.5 Å². The van der Waals surface area contributed by atoms with Crippen LogP contribution in [0.25, 0.3) is 0 Å². The fraction of sp³-hybridized carbons (Fsp3) is 0.529. The number of fused-ring (bicyclic) bond motifs is 1. The smallest absolute Gasteiger partial charge is 0.253 e. The highest BCUT2D eigenvalue weighted by atomic mass is 16.2. The van der Waals surface area contributed by atoms with Crippen LogP contribution in [0.4, 0.5) is 5.69 Å². The summed E-state index contributed by atoms with van der Waals surface area (Å²) < 4.78 is 0. The van der Waals surface area contributed by atoms with Crippen molar-refractivity contribution >= 4 is 17.5 Å². The first-order valence-corrected chi connectivity index (χ1v) is 7.78. The normalized spacial score (nSPS) is 13.2. The van der Waals surface area contributed by atoms with Gasteiger partial charge in [0, 0.05) is 37.8 Å². The van der Waals surface area contributed by atoms with Crippen LogP contribution in [0.1, 0.15) is 49.5 Å². The molecular formula is C17H24N2O2. The molecule has 4 heteroatoms. The molecule has 0 fully saturated rings. The van der Waals surface area contributed by atoms with Crippen LogP contribution in [-0.2, 0) is 11.2 Å². The molecular weight excluding hydrogens is 264 g/mol. The summed E-state index contributed by atoms with van der Waals surface area (Å²) in [6, 6.07) is 5.71. The van der Waals surface area contributed by atoms with Crippen molar-refractivity contribution in [3.63, 3.8) is 0 Å². The van der Waals surface area contributed by atoms with E-state index < -0.39 is 0 Å². The van der Waals surface area contributed by atoms with E-state index >= 15 is 0 Å². The summed E-state index contributed by atoms with van der Waals surface area (Å²) in [4.78, 5) is 27.8. The molecule has 1 aliphatic rings. The van der Waals surface area contributed by atoms with Gasteiger partial charge in [-0.15, -0.1) is 0 Å². The molecule has 0 aromatic heterocycles. The molecule has 0 radical (unpaired) electrons. The Morgan fingerprint density at radius 2 is 1.86 bits per heavy atom. The van der Waals surface area contributed by atoms with Crippen LogP contribution in [0.15, 0.2) is 18.2 Å². The van der Waals surface area contributed by atoms with Crippen LogP contribution in [0.2, 0.25) is 0 Å². The molecule has 1 aliphatic heterocycles. The first-order valence-electron chi connectivity index (χ1n) is 7.78. The zero-order valence-electron chi connectivity index (χ0n) is 13.2. The van der Waals surface area contributed by atoms with Crippen LogP contribution in [0.3, 0.4) is 0 Å². The van der Waals surface area contributed by atoms with Crippen molar-refractivity contribution in [3.8, 4) is 0 Å². The summed E-state index contributed by atoms with van der Waals surface area (Å²) in [5, 5.41) is 0. The molecule has 0 unspecified atom stereocenters. The molecule has 0 atom stereocenters. The van der Waals surface area contributed by atoms with Crippen LogP contribution < -0.4 is 4.90 Å². The maximum atomic E-state index is 12.6. The van der Waals surface area contributed by atoms with Gasteiger partial charge in [-0.1, -0.05) is 13.8 Å². The lowest BCUT2D eigenvalue weighted by molar-refractivity contribution is -0.116. The molecule has 4 nitrogen and oxygen atoms in total. The van der Waals surface area contributed by atoms with Crippen LogP contribution in [0, 0.1) is 0 Å². The van der Waals surface area contributed by atoms with Gasteiger partial charge in [0.2, 0.25) is 5.91 Å². The van der Waals surface area contributed by atoms with Crippen LogP contribution >= 0.6 is 0 Å². The number of amides is 2. The summed E-state index contributed by atoms with van der Waals surface area (Å²) in [5.74, 6) is 0.161. The van der Waals surface area contributed by atoms with E-state index in [1.165, 1.54) is 0 Å². The highest BCUT2D eigenvalue weighted by Crippen LogP contribution is 2.29. The minimum absolute atomic E-state index is 0.0615. The number of rotatable bonds is 5. The van der Waals surface area contributed by atoms with Gasteiger partial charge >= 0.3 is 0 Å². The number of benzene rings is 1. The largest absolute Gasteiger partial charge is 0.339 e. The lowest BCUT2D eigenvalue weighted by Gasteiger charge is -2.22. The van der Waals surface area contributed by atoms with E-state index in [1.54, 1.807) is 11.8 Å². The molecule has 0 N–H and O–H groups in total. The van der Waals surface area contributed by atoms with Gasteiger partial charge in [-0.2, -0.15) is 0 Å². The monoisotopic (exact) mass is 288 g/mol. The fourth-order valence-corrected chi connectivity index (χ4v) is 2.90. The summed E-state index contributed by atoms with van der Waals surface area (Å²) in [6.45, 7) is 8.06. The fourth-order valence-electron chi connectivity index (χ4n) is 2.90. The number of nitrogens with zero attached hydrogens (tertiary/aromatic N) is 2. The van der Waals surface area contributed by atoms with Gasteiger partial charge in [0.15, 0.2) is 0 Å². The number of anilines is 1. The Morgan fingerprint density at radius 1 is 1.19 bits per heavy atom. The molecule has 0 saturated carbocycles. The Morgan fingerprint density at radius 3 is 2.43 bits per heavy atom. The van der Waals surface area contributed by atoms with Crippen molar-refractivity contribution < 1.29 is 9.59 Å². The second-order valence-corrected chi connectivity index (χ2v) is 5.56. The Bertz CT molecular complexity index is 534. The summed E-state index contributed by atoms with van der Waals surface area (Å²) >= 11 is 0. The lowest BCUT2D eigenvalue weighted by atomic mass is 10.1. The van der Waals surface area contributed by atoms with Gasteiger partial charge in [0.05, 0.1) is 0 Å². The van der Waals surface area contributed by atoms with Crippen molar-refractivity contribution in [2.45, 2.75) is 40.0 Å². The van der Waals surface area contributed by atoms with Crippen molar-refractivity contribution in [3.05, 3.63) is 29.3 Å². The molecule has 1 heterocycles. The quantitative estimate of drug-likeness (QED) is 0.836. The van der Waals surface area contributed by atoms with Gasteiger partial charge in [-0.05, 0) is 43.0 Å². The Labute approximate surface area is 126 Å². The van der Waals surface area contributed by atoms with Gasteiger partial charge in [-0.25, -0.2) is 0 Å². The lowest BCUT2D eigenvalue weighted by Crippen LogP contribution is -2.32. The molecule has 21 heavy (non-hydrogen) atoms. The van der Waals surface area contributed by atoms with Crippen molar-refractivity contribution in [1.82, 2.24) is 4.90 Å². The van der Waals surface area contributed by atoms with E-state index in [9.17, 15) is 9.59 Å². The molecule has 0 bridgehead atoms. The molecule has 114 valence electrons. The van der Waals surface area contributed by atoms with E-state index in [4.69, 9.17) is 0 Å². The van der Waals surface area contributed by atoms with Crippen molar-refractivity contribution in [1.29, 1.82) is 0 Å². The van der Waals surface area contributed by atoms with Crippen LogP contribution in [-0.4, -0.2) is 36.3 Å². The number of carbonyl (C=O) groups excluding carboxylic acids is 2. The molecule has 2 rings (SSSR count). The zero-order valence-corrected chi connectivity index (χ0v) is 13.2. The zero-order chi connectivity index (χ0) is 15.4. The number of carbonyl (C=O) groups is 2. The summed E-state index contributed by atoms with van der Waals surface area (Å²) in [5.41, 5.74) is 2.79.